The van der Waals surface area contributed by atoms with Gasteiger partial charge in [0.2, 0.25) is 0 Å². The van der Waals surface area contributed by atoms with Crippen molar-refractivity contribution in [2.45, 2.75) is 6.04 Å². The smallest absolute Gasteiger partial charge is 0.159 e. The molecule has 0 aromatic carbocycles. The summed E-state index contributed by atoms with van der Waals surface area (Å²) in [6.45, 7) is 3.00. The molecule has 0 aromatic rings. The summed E-state index contributed by atoms with van der Waals surface area (Å²) in [5.74, 6) is 1.15. The monoisotopic (exact) mass is 157 g/mol. The van der Waals surface area contributed by atoms with Crippen LogP contribution in [0.4, 0.5) is 0 Å². The third-order valence-electron chi connectivity index (χ3n) is 1.75. The first-order valence-corrected chi connectivity index (χ1v) is 4.52. The number of rotatable bonds is 0. The van der Waals surface area contributed by atoms with Crippen LogP contribution >= 0.6 is 11.8 Å². The average molecular weight is 157 g/mol. The van der Waals surface area contributed by atoms with Crippen LogP contribution in [0.1, 0.15) is 0 Å². The topological polar surface area (TPSA) is 41.6 Å². The number of hydrogen-bond donors (Lipinski definition) is 1. The molecular weight excluding hydrogens is 146 g/mol. The first kappa shape index (κ1) is 6.49. The largest absolute Gasteiger partial charge is 0.348 e. The molecule has 2 aliphatic heterocycles. The summed E-state index contributed by atoms with van der Waals surface area (Å²) < 4.78 is 0. The zero-order valence-corrected chi connectivity index (χ0v) is 6.60. The van der Waals surface area contributed by atoms with Gasteiger partial charge in [0, 0.05) is 24.9 Å². The first-order valence-electron chi connectivity index (χ1n) is 3.54. The van der Waals surface area contributed by atoms with E-state index in [4.69, 9.17) is 5.73 Å². The molecule has 4 heteroatoms. The van der Waals surface area contributed by atoms with E-state index in [0.29, 0.717) is 6.04 Å². The second kappa shape index (κ2) is 2.43. The van der Waals surface area contributed by atoms with Crippen molar-refractivity contribution in [2.75, 3.05) is 25.4 Å². The van der Waals surface area contributed by atoms with Gasteiger partial charge in [-0.15, -0.1) is 0 Å². The van der Waals surface area contributed by atoms with E-state index in [1.807, 2.05) is 11.8 Å². The number of likely N-dealkylation sites (tertiary alicyclic amines) is 1. The molecule has 0 unspecified atom stereocenters. The molecule has 1 fully saturated rings. The van der Waals surface area contributed by atoms with Crippen LogP contribution in [0.15, 0.2) is 4.99 Å². The highest BCUT2D eigenvalue weighted by atomic mass is 32.2. The van der Waals surface area contributed by atoms with Crippen LogP contribution in [0, 0.1) is 0 Å². The summed E-state index contributed by atoms with van der Waals surface area (Å²) >= 11 is 1.85. The second-order valence-corrected chi connectivity index (χ2v) is 3.74. The van der Waals surface area contributed by atoms with Gasteiger partial charge < -0.3 is 10.6 Å². The molecule has 2 N–H and O–H groups in total. The van der Waals surface area contributed by atoms with Crippen LogP contribution in [0.3, 0.4) is 0 Å². The minimum Gasteiger partial charge on any atom is -0.348 e. The Morgan fingerprint density at radius 2 is 2.40 bits per heavy atom. The number of amidine groups is 1. The maximum Gasteiger partial charge on any atom is 0.159 e. The lowest BCUT2D eigenvalue weighted by Crippen LogP contribution is -2.56. The van der Waals surface area contributed by atoms with Crippen molar-refractivity contribution in [3.05, 3.63) is 0 Å². The van der Waals surface area contributed by atoms with Crippen LogP contribution in [0.2, 0.25) is 0 Å². The standard InChI is InChI=1S/C6H11N3S/c7-5-3-9(4-5)6-8-1-2-10-6/h5H,1-4,7H2. The molecule has 0 aliphatic carbocycles. The molecule has 2 heterocycles. The Balaban J connectivity index is 1.89. The van der Waals surface area contributed by atoms with Crippen molar-refractivity contribution < 1.29 is 0 Å². The second-order valence-electron chi connectivity index (χ2n) is 2.68. The molecule has 3 nitrogen and oxygen atoms in total. The fraction of sp³-hybridized carbons (Fsp3) is 0.833. The Kier molecular flexibility index (Phi) is 1.58. The molecule has 0 spiro atoms. The minimum atomic E-state index is 0.392. The van der Waals surface area contributed by atoms with Crippen molar-refractivity contribution in [2.24, 2.45) is 10.7 Å². The van der Waals surface area contributed by atoms with Crippen LogP contribution in [-0.2, 0) is 0 Å². The summed E-state index contributed by atoms with van der Waals surface area (Å²) in [5.41, 5.74) is 5.63. The molecule has 1 saturated heterocycles. The van der Waals surface area contributed by atoms with Crippen molar-refractivity contribution >= 4 is 16.9 Å². The lowest BCUT2D eigenvalue weighted by molar-refractivity contribution is 0.259. The predicted molar refractivity (Wildman–Crippen MR) is 44.3 cm³/mol. The van der Waals surface area contributed by atoms with Gasteiger partial charge in [-0.1, -0.05) is 11.8 Å². The number of thioether (sulfide) groups is 1. The van der Waals surface area contributed by atoms with E-state index in [0.717, 1.165) is 25.4 Å². The van der Waals surface area contributed by atoms with Gasteiger partial charge in [0.05, 0.1) is 6.54 Å². The van der Waals surface area contributed by atoms with Gasteiger partial charge in [-0.25, -0.2) is 0 Å². The summed E-state index contributed by atoms with van der Waals surface area (Å²) in [7, 11) is 0. The SMILES string of the molecule is NC1CN(C2=NCCS2)C1. The molecule has 56 valence electrons. The quantitative estimate of drug-likeness (QED) is 0.526. The Labute approximate surface area is 64.7 Å². The Morgan fingerprint density at radius 1 is 1.60 bits per heavy atom. The van der Waals surface area contributed by atoms with E-state index >= 15 is 0 Å². The Morgan fingerprint density at radius 3 is 2.90 bits per heavy atom. The van der Waals surface area contributed by atoms with Crippen LogP contribution in [0.5, 0.6) is 0 Å². The van der Waals surface area contributed by atoms with Gasteiger partial charge in [0.1, 0.15) is 0 Å². The van der Waals surface area contributed by atoms with Gasteiger partial charge in [0.15, 0.2) is 5.17 Å². The number of aliphatic imine (C=N–C) groups is 1. The first-order chi connectivity index (χ1) is 4.86. The van der Waals surface area contributed by atoms with Crippen molar-refractivity contribution in [1.82, 2.24) is 4.90 Å². The lowest BCUT2D eigenvalue weighted by Gasteiger charge is -2.37. The molecule has 2 rings (SSSR count). The lowest BCUT2D eigenvalue weighted by atomic mass is 10.2. The minimum absolute atomic E-state index is 0.392. The van der Waals surface area contributed by atoms with Crippen molar-refractivity contribution in [1.29, 1.82) is 0 Å². The summed E-state index contributed by atoms with van der Waals surface area (Å²) in [4.78, 5) is 6.59. The van der Waals surface area contributed by atoms with Gasteiger partial charge in [-0.3, -0.25) is 4.99 Å². The maximum absolute atomic E-state index is 5.63. The maximum atomic E-state index is 5.63. The molecule has 2 aliphatic rings. The fourth-order valence-corrected chi connectivity index (χ4v) is 2.06. The van der Waals surface area contributed by atoms with E-state index in [1.165, 1.54) is 5.17 Å². The third-order valence-corrected chi connectivity index (χ3v) is 2.78. The van der Waals surface area contributed by atoms with Crippen molar-refractivity contribution in [3.63, 3.8) is 0 Å². The highest BCUT2D eigenvalue weighted by molar-refractivity contribution is 8.14. The summed E-state index contributed by atoms with van der Waals surface area (Å²) in [6, 6.07) is 0.392. The third kappa shape index (κ3) is 1.01. The Hall–Kier alpha value is -0.220. The van der Waals surface area contributed by atoms with Crippen molar-refractivity contribution in [3.8, 4) is 0 Å². The zero-order chi connectivity index (χ0) is 6.97. The van der Waals surface area contributed by atoms with E-state index in [-0.39, 0.29) is 0 Å². The summed E-state index contributed by atoms with van der Waals surface area (Å²) in [5, 5.41) is 1.21. The number of nitrogens with two attached hydrogens (primary N) is 1. The van der Waals surface area contributed by atoms with Crippen LogP contribution < -0.4 is 5.73 Å². The highest BCUT2D eigenvalue weighted by Gasteiger charge is 2.27. The summed E-state index contributed by atoms with van der Waals surface area (Å²) in [6.07, 6.45) is 0. The molecule has 0 saturated carbocycles. The molecule has 0 radical (unpaired) electrons. The van der Waals surface area contributed by atoms with Gasteiger partial charge >= 0.3 is 0 Å². The van der Waals surface area contributed by atoms with E-state index in [1.54, 1.807) is 0 Å². The van der Waals surface area contributed by atoms with Gasteiger partial charge in [-0.2, -0.15) is 0 Å². The molecule has 0 amide bonds. The molecule has 0 bridgehead atoms. The normalized spacial score (nSPS) is 26.5. The zero-order valence-electron chi connectivity index (χ0n) is 5.79. The predicted octanol–water partition coefficient (Wildman–Crippen LogP) is -0.268. The van der Waals surface area contributed by atoms with Gasteiger partial charge in [0.25, 0.3) is 0 Å². The number of nitrogens with zero attached hydrogens (tertiary/aromatic N) is 2. The molecule has 0 atom stereocenters. The van der Waals surface area contributed by atoms with E-state index in [2.05, 4.69) is 9.89 Å². The molecular formula is C6H11N3S. The van der Waals surface area contributed by atoms with E-state index < -0.39 is 0 Å². The Bertz CT molecular complexity index is 162. The van der Waals surface area contributed by atoms with Gasteiger partial charge in [-0.05, 0) is 0 Å². The number of hydrogen-bond acceptors (Lipinski definition) is 4. The fourth-order valence-electron chi connectivity index (χ4n) is 1.18. The van der Waals surface area contributed by atoms with E-state index in [9.17, 15) is 0 Å². The highest BCUT2D eigenvalue weighted by Crippen LogP contribution is 2.19. The van der Waals surface area contributed by atoms with Crippen LogP contribution in [-0.4, -0.2) is 41.5 Å². The molecule has 0 aromatic heterocycles. The van der Waals surface area contributed by atoms with Crippen LogP contribution in [0.25, 0.3) is 0 Å². The molecule has 10 heavy (non-hydrogen) atoms. The average Bonchev–Trinajstić information content (AvgIpc) is 2.31.